The normalized spacial score (nSPS) is 12.2. The van der Waals surface area contributed by atoms with Crippen LogP contribution >= 0.6 is 27.7 Å². The first-order valence-corrected chi connectivity index (χ1v) is 9.73. The maximum atomic E-state index is 5.86. The van der Waals surface area contributed by atoms with Crippen LogP contribution in [0.4, 0.5) is 0 Å². The predicted molar refractivity (Wildman–Crippen MR) is 105 cm³/mol. The van der Waals surface area contributed by atoms with E-state index in [1.54, 1.807) is 18.0 Å². The molecule has 1 unspecified atom stereocenters. The van der Waals surface area contributed by atoms with E-state index >= 15 is 0 Å². The first-order valence-electron chi connectivity index (χ1n) is 8.05. The summed E-state index contributed by atoms with van der Waals surface area (Å²) in [6.07, 6.45) is 3.74. The highest BCUT2D eigenvalue weighted by atomic mass is 79.9. The Morgan fingerprint density at radius 2 is 1.81 bits per heavy atom. The molecule has 2 aromatic carbocycles. The maximum Gasteiger partial charge on any atom is 0.247 e. The van der Waals surface area contributed by atoms with Gasteiger partial charge in [-0.15, -0.1) is 10.2 Å². The Balaban J connectivity index is 1.54. The molecule has 4 rings (SSSR count). The number of imidazole rings is 1. The number of rotatable bonds is 5. The summed E-state index contributed by atoms with van der Waals surface area (Å²) in [6, 6.07) is 17.9. The number of hydrogen-bond acceptors (Lipinski definition) is 5. The van der Waals surface area contributed by atoms with Crippen molar-refractivity contribution in [1.29, 1.82) is 0 Å². The largest absolute Gasteiger partial charge is 0.419 e. The van der Waals surface area contributed by atoms with Crippen LogP contribution < -0.4 is 0 Å². The van der Waals surface area contributed by atoms with Crippen molar-refractivity contribution < 1.29 is 4.42 Å². The van der Waals surface area contributed by atoms with Crippen LogP contribution in [0.1, 0.15) is 18.1 Å². The second-order valence-electron chi connectivity index (χ2n) is 5.63. The van der Waals surface area contributed by atoms with Crippen LogP contribution in [-0.4, -0.2) is 19.7 Å². The van der Waals surface area contributed by atoms with Crippen molar-refractivity contribution in [3.63, 3.8) is 0 Å². The zero-order valence-corrected chi connectivity index (χ0v) is 16.3. The van der Waals surface area contributed by atoms with Gasteiger partial charge in [-0.3, -0.25) is 4.57 Å². The summed E-state index contributed by atoms with van der Waals surface area (Å²) >= 11 is 5.04. The van der Waals surface area contributed by atoms with Gasteiger partial charge in [-0.2, -0.15) is 0 Å². The van der Waals surface area contributed by atoms with Crippen molar-refractivity contribution in [3.05, 3.63) is 77.4 Å². The van der Waals surface area contributed by atoms with Gasteiger partial charge in [0.1, 0.15) is 0 Å². The molecular weight excluding hydrogens is 412 g/mol. The number of benzene rings is 2. The molecular formula is C19H15BrN4OS. The SMILES string of the molecule is CC(Sc1nccn1-c1ccc(Br)cc1)c1nnc(-c2ccccc2)o1. The fourth-order valence-electron chi connectivity index (χ4n) is 2.48. The highest BCUT2D eigenvalue weighted by Gasteiger charge is 2.19. The molecule has 0 saturated carbocycles. The van der Waals surface area contributed by atoms with Crippen LogP contribution in [0.15, 0.2) is 81.0 Å². The van der Waals surface area contributed by atoms with Crippen LogP contribution in [0.25, 0.3) is 17.1 Å². The zero-order valence-electron chi connectivity index (χ0n) is 13.9. The first kappa shape index (κ1) is 17.1. The van der Waals surface area contributed by atoms with E-state index in [-0.39, 0.29) is 5.25 Å². The number of halogens is 1. The molecule has 0 bridgehead atoms. The molecule has 0 N–H and O–H groups in total. The second-order valence-corrected chi connectivity index (χ2v) is 7.85. The molecule has 0 spiro atoms. The van der Waals surface area contributed by atoms with Gasteiger partial charge >= 0.3 is 0 Å². The average molecular weight is 427 g/mol. The van der Waals surface area contributed by atoms with Crippen LogP contribution in [-0.2, 0) is 0 Å². The molecule has 0 aliphatic carbocycles. The molecule has 0 radical (unpaired) electrons. The molecule has 0 amide bonds. The molecule has 7 heteroatoms. The van der Waals surface area contributed by atoms with Crippen LogP contribution in [0.5, 0.6) is 0 Å². The summed E-state index contributed by atoms with van der Waals surface area (Å²) in [5.41, 5.74) is 1.97. The molecule has 0 fully saturated rings. The van der Waals surface area contributed by atoms with Crippen LogP contribution in [0, 0.1) is 0 Å². The van der Waals surface area contributed by atoms with E-state index in [9.17, 15) is 0 Å². The molecule has 130 valence electrons. The number of thioether (sulfide) groups is 1. The molecule has 2 aromatic heterocycles. The third-order valence-electron chi connectivity index (χ3n) is 3.80. The predicted octanol–water partition coefficient (Wildman–Crippen LogP) is 5.54. The van der Waals surface area contributed by atoms with Gasteiger partial charge in [-0.1, -0.05) is 45.9 Å². The van der Waals surface area contributed by atoms with E-state index in [0.717, 1.165) is 20.9 Å². The monoisotopic (exact) mass is 426 g/mol. The standard InChI is InChI=1S/C19H15BrN4OS/c1-13(17-22-23-18(25-17)14-5-3-2-4-6-14)26-19-21-11-12-24(19)16-9-7-15(20)8-10-16/h2-13H,1H3. The Morgan fingerprint density at radius 3 is 2.58 bits per heavy atom. The fraction of sp³-hybridized carbons (Fsp3) is 0.105. The molecule has 1 atom stereocenters. The first-order chi connectivity index (χ1) is 12.7. The lowest BCUT2D eigenvalue weighted by Crippen LogP contribution is -1.97. The van der Waals surface area contributed by atoms with Gasteiger partial charge in [-0.25, -0.2) is 4.98 Å². The Labute approximate surface area is 163 Å². The third-order valence-corrected chi connectivity index (χ3v) is 5.40. The lowest BCUT2D eigenvalue weighted by atomic mass is 10.2. The van der Waals surface area contributed by atoms with Gasteiger partial charge in [0.2, 0.25) is 11.8 Å². The molecule has 0 saturated heterocycles. The van der Waals surface area contributed by atoms with Crippen LogP contribution in [0.2, 0.25) is 0 Å². The highest BCUT2D eigenvalue weighted by Crippen LogP contribution is 2.35. The minimum atomic E-state index is -0.0171. The Hall–Kier alpha value is -2.38. The topological polar surface area (TPSA) is 56.7 Å². The van der Waals surface area contributed by atoms with Crippen molar-refractivity contribution >= 4 is 27.7 Å². The summed E-state index contributed by atoms with van der Waals surface area (Å²) in [5.74, 6) is 1.11. The molecule has 2 heterocycles. The van der Waals surface area contributed by atoms with Gasteiger partial charge in [-0.05, 0) is 43.3 Å². The van der Waals surface area contributed by atoms with E-state index in [1.807, 2.05) is 72.3 Å². The summed E-state index contributed by atoms with van der Waals surface area (Å²) in [7, 11) is 0. The van der Waals surface area contributed by atoms with E-state index in [4.69, 9.17) is 4.42 Å². The van der Waals surface area contributed by atoms with Crippen molar-refractivity contribution in [2.75, 3.05) is 0 Å². The summed E-state index contributed by atoms with van der Waals surface area (Å²) in [6.45, 7) is 2.04. The van der Waals surface area contributed by atoms with Gasteiger partial charge in [0, 0.05) is 28.1 Å². The molecule has 4 aromatic rings. The van der Waals surface area contributed by atoms with Crippen molar-refractivity contribution in [3.8, 4) is 17.1 Å². The summed E-state index contributed by atoms with van der Waals surface area (Å²) in [5, 5.41) is 9.23. The van der Waals surface area contributed by atoms with Gasteiger partial charge in [0.25, 0.3) is 0 Å². The molecule has 5 nitrogen and oxygen atoms in total. The summed E-state index contributed by atoms with van der Waals surface area (Å²) in [4.78, 5) is 4.47. The number of aromatic nitrogens is 4. The Morgan fingerprint density at radius 1 is 1.04 bits per heavy atom. The van der Waals surface area contributed by atoms with Gasteiger partial charge < -0.3 is 4.42 Å². The average Bonchev–Trinajstić information content (AvgIpc) is 3.33. The second kappa shape index (κ2) is 7.47. The van der Waals surface area contributed by atoms with Crippen LogP contribution in [0.3, 0.4) is 0 Å². The lowest BCUT2D eigenvalue weighted by Gasteiger charge is -2.10. The number of nitrogens with zero attached hydrogens (tertiary/aromatic N) is 4. The molecule has 0 aliphatic heterocycles. The fourth-order valence-corrected chi connectivity index (χ4v) is 3.66. The minimum absolute atomic E-state index is 0.0171. The van der Waals surface area contributed by atoms with Crippen molar-refractivity contribution in [1.82, 2.24) is 19.7 Å². The third kappa shape index (κ3) is 3.59. The molecule has 0 aliphatic rings. The maximum absolute atomic E-state index is 5.86. The minimum Gasteiger partial charge on any atom is -0.419 e. The van der Waals surface area contributed by atoms with E-state index in [1.165, 1.54) is 0 Å². The lowest BCUT2D eigenvalue weighted by molar-refractivity contribution is 0.509. The van der Waals surface area contributed by atoms with Crippen molar-refractivity contribution in [2.24, 2.45) is 0 Å². The highest BCUT2D eigenvalue weighted by molar-refractivity contribution is 9.10. The van der Waals surface area contributed by atoms with Gasteiger partial charge in [0.15, 0.2) is 5.16 Å². The van der Waals surface area contributed by atoms with Gasteiger partial charge in [0.05, 0.1) is 5.25 Å². The van der Waals surface area contributed by atoms with E-state index in [0.29, 0.717) is 11.8 Å². The Kier molecular flexibility index (Phi) is 4.90. The number of hydrogen-bond donors (Lipinski definition) is 0. The zero-order chi connectivity index (χ0) is 17.9. The molecule has 26 heavy (non-hydrogen) atoms. The Bertz CT molecular complexity index is 998. The summed E-state index contributed by atoms with van der Waals surface area (Å²) < 4.78 is 8.94. The van der Waals surface area contributed by atoms with Crippen molar-refractivity contribution in [2.45, 2.75) is 17.3 Å². The quantitative estimate of drug-likeness (QED) is 0.392. The van der Waals surface area contributed by atoms with E-state index < -0.39 is 0 Å². The van der Waals surface area contributed by atoms with E-state index in [2.05, 4.69) is 31.1 Å². The smallest absolute Gasteiger partial charge is 0.247 e.